The average molecular weight is 167 g/mol. The molecule has 0 aliphatic heterocycles. The molecule has 1 saturated carbocycles. The van der Waals surface area contributed by atoms with Gasteiger partial charge in [0.1, 0.15) is 0 Å². The van der Waals surface area contributed by atoms with Crippen LogP contribution >= 0.6 is 0 Å². The van der Waals surface area contributed by atoms with Crippen molar-refractivity contribution in [3.63, 3.8) is 0 Å². The lowest BCUT2D eigenvalue weighted by molar-refractivity contribution is 0.243. The second-order valence-electron chi connectivity index (χ2n) is 6.07. The molecule has 0 heteroatoms. The molecular weight excluding hydrogens is 144 g/mol. The molecule has 0 bridgehead atoms. The van der Waals surface area contributed by atoms with Crippen molar-refractivity contribution in [2.45, 2.75) is 54.4 Å². The zero-order valence-electron chi connectivity index (χ0n) is 9.49. The predicted octanol–water partition coefficient (Wildman–Crippen LogP) is 4.06. The van der Waals surface area contributed by atoms with Gasteiger partial charge in [-0.05, 0) is 25.7 Å². The van der Waals surface area contributed by atoms with E-state index in [2.05, 4.69) is 48.0 Å². The van der Waals surface area contributed by atoms with Gasteiger partial charge >= 0.3 is 0 Å². The first kappa shape index (κ1) is 9.95. The van der Waals surface area contributed by atoms with Gasteiger partial charge < -0.3 is 0 Å². The summed E-state index contributed by atoms with van der Waals surface area (Å²) < 4.78 is 0. The minimum absolute atomic E-state index is 0.470. The summed E-state index contributed by atoms with van der Waals surface area (Å²) >= 11 is 0. The summed E-state index contributed by atoms with van der Waals surface area (Å²) in [7, 11) is 0. The van der Waals surface area contributed by atoms with E-state index in [1.165, 1.54) is 12.8 Å². The molecule has 0 N–H and O–H groups in total. The first-order valence-electron chi connectivity index (χ1n) is 5.10. The van der Waals surface area contributed by atoms with Gasteiger partial charge in [-0.2, -0.15) is 0 Å². The third-order valence-electron chi connectivity index (χ3n) is 3.49. The topological polar surface area (TPSA) is 0 Å². The highest BCUT2D eigenvalue weighted by molar-refractivity contribution is 5.25. The Bertz CT molecular complexity index is 175. The van der Waals surface area contributed by atoms with E-state index in [0.717, 1.165) is 0 Å². The molecule has 2 unspecified atom stereocenters. The zero-order valence-corrected chi connectivity index (χ0v) is 9.49. The van der Waals surface area contributed by atoms with Gasteiger partial charge in [0.25, 0.3) is 0 Å². The molecule has 0 aromatic rings. The molecule has 0 aromatic heterocycles. The second kappa shape index (κ2) is 2.43. The largest absolute Gasteiger partial charge is 0.151 e. The van der Waals surface area contributed by atoms with E-state index >= 15 is 0 Å². The van der Waals surface area contributed by atoms with Crippen molar-refractivity contribution in [2.75, 3.05) is 0 Å². The van der Waals surface area contributed by atoms with Gasteiger partial charge in [0.15, 0.2) is 10.8 Å². The first-order chi connectivity index (χ1) is 5.22. The molecule has 1 fully saturated rings. The van der Waals surface area contributed by atoms with Crippen LogP contribution in [0.15, 0.2) is 0 Å². The quantitative estimate of drug-likeness (QED) is 0.544. The van der Waals surface area contributed by atoms with E-state index in [1.54, 1.807) is 0 Å². The van der Waals surface area contributed by atoms with Crippen molar-refractivity contribution in [3.8, 4) is 0 Å². The van der Waals surface area contributed by atoms with Crippen LogP contribution in [-0.4, -0.2) is 0 Å². The number of rotatable bonds is 2. The van der Waals surface area contributed by atoms with Crippen molar-refractivity contribution in [1.82, 2.24) is 0 Å². The Morgan fingerprint density at radius 1 is 1.08 bits per heavy atom. The molecule has 0 aromatic carbocycles. The molecule has 0 saturated heterocycles. The molecule has 1 aliphatic rings. The molecule has 0 nitrogen and oxygen atoms in total. The molecule has 70 valence electrons. The van der Waals surface area contributed by atoms with Crippen LogP contribution in [0.3, 0.4) is 0 Å². The molecule has 0 heterocycles. The Morgan fingerprint density at radius 2 is 1.58 bits per heavy atom. The maximum absolute atomic E-state index is 2.53. The smallest absolute Gasteiger partial charge is 0.0606 e. The molecule has 12 heavy (non-hydrogen) atoms. The van der Waals surface area contributed by atoms with Gasteiger partial charge in [-0.1, -0.05) is 27.7 Å². The summed E-state index contributed by atoms with van der Waals surface area (Å²) in [6.07, 6.45) is 5.15. The van der Waals surface area contributed by atoms with Crippen LogP contribution in [0.5, 0.6) is 0 Å². The fourth-order valence-electron chi connectivity index (χ4n) is 2.53. The van der Waals surface area contributed by atoms with Crippen molar-refractivity contribution < 1.29 is 0 Å². The van der Waals surface area contributed by atoms with Crippen molar-refractivity contribution in [1.29, 1.82) is 0 Å². The van der Waals surface area contributed by atoms with Crippen LogP contribution in [0.4, 0.5) is 0 Å². The molecule has 1 rings (SSSR count). The first-order valence-corrected chi connectivity index (χ1v) is 5.10. The van der Waals surface area contributed by atoms with Crippen LogP contribution in [0, 0.1) is 22.7 Å². The third-order valence-corrected chi connectivity index (χ3v) is 3.49. The average Bonchev–Trinajstić information content (AvgIpc) is 2.31. The third kappa shape index (κ3) is 1.62. The molecule has 0 spiro atoms. The van der Waals surface area contributed by atoms with Crippen molar-refractivity contribution in [3.05, 3.63) is 6.42 Å². The van der Waals surface area contributed by atoms with E-state index in [-0.39, 0.29) is 0 Å². The standard InChI is InChI=1S/C12H23/c1-7-11(5)9-12(11,6)8-10(2,3)4/h9H,7-8H2,1-6H3/q+1. The van der Waals surface area contributed by atoms with E-state index < -0.39 is 0 Å². The van der Waals surface area contributed by atoms with Crippen LogP contribution in [0.25, 0.3) is 0 Å². The number of hydrogen-bond donors (Lipinski definition) is 0. The zero-order chi connectivity index (χ0) is 9.62. The monoisotopic (exact) mass is 167 g/mol. The van der Waals surface area contributed by atoms with Crippen LogP contribution < -0.4 is 0 Å². The maximum Gasteiger partial charge on any atom is 0.151 e. The van der Waals surface area contributed by atoms with Gasteiger partial charge in [-0.15, -0.1) is 0 Å². The fraction of sp³-hybridized carbons (Fsp3) is 0.917. The lowest BCUT2D eigenvalue weighted by atomic mass is 9.79. The van der Waals surface area contributed by atoms with E-state index in [4.69, 9.17) is 0 Å². The van der Waals surface area contributed by atoms with Gasteiger partial charge in [-0.25, -0.2) is 0 Å². The molecule has 1 aliphatic carbocycles. The summed E-state index contributed by atoms with van der Waals surface area (Å²) in [5.41, 5.74) is 1.51. The Hall–Kier alpha value is -0.130. The van der Waals surface area contributed by atoms with Crippen LogP contribution in [-0.2, 0) is 0 Å². The molecule has 0 radical (unpaired) electrons. The van der Waals surface area contributed by atoms with E-state index in [9.17, 15) is 0 Å². The van der Waals surface area contributed by atoms with Gasteiger partial charge in [0.2, 0.25) is 0 Å². The highest BCUT2D eigenvalue weighted by Crippen LogP contribution is 2.68. The van der Waals surface area contributed by atoms with Crippen LogP contribution in [0.1, 0.15) is 54.4 Å². The highest BCUT2D eigenvalue weighted by Gasteiger charge is 2.73. The summed E-state index contributed by atoms with van der Waals surface area (Å²) in [6, 6.07) is 0. The molecule has 2 atom stereocenters. The summed E-state index contributed by atoms with van der Waals surface area (Å²) in [5, 5.41) is 0. The predicted molar refractivity (Wildman–Crippen MR) is 54.9 cm³/mol. The van der Waals surface area contributed by atoms with Gasteiger partial charge in [0, 0.05) is 6.42 Å². The minimum Gasteiger partial charge on any atom is -0.0606 e. The summed E-state index contributed by atoms with van der Waals surface area (Å²) in [5.74, 6) is 0. The van der Waals surface area contributed by atoms with Gasteiger partial charge in [-0.3, -0.25) is 0 Å². The normalized spacial score (nSPS) is 40.8. The second-order valence-corrected chi connectivity index (χ2v) is 6.07. The fourth-order valence-corrected chi connectivity index (χ4v) is 2.53. The lowest BCUT2D eigenvalue weighted by Crippen LogP contribution is -2.16. The van der Waals surface area contributed by atoms with Gasteiger partial charge in [0.05, 0.1) is 6.42 Å². The summed E-state index contributed by atoms with van der Waals surface area (Å²) in [4.78, 5) is 0. The SMILES string of the molecule is CCC1(C)[CH+]C1(C)CC(C)(C)C. The van der Waals surface area contributed by atoms with E-state index in [1.807, 2.05) is 0 Å². The Kier molecular flexibility index (Phi) is 2.02. The maximum atomic E-state index is 2.53. The number of hydrogen-bond acceptors (Lipinski definition) is 0. The Morgan fingerprint density at radius 3 is 1.83 bits per heavy atom. The highest BCUT2D eigenvalue weighted by atomic mass is 14.6. The molecular formula is C12H23+. The van der Waals surface area contributed by atoms with Crippen molar-refractivity contribution in [2.24, 2.45) is 16.2 Å². The van der Waals surface area contributed by atoms with E-state index in [0.29, 0.717) is 16.2 Å². The molecule has 0 amide bonds. The van der Waals surface area contributed by atoms with Crippen molar-refractivity contribution >= 4 is 0 Å². The minimum atomic E-state index is 0.470. The summed E-state index contributed by atoms with van der Waals surface area (Å²) in [6.45, 7) is 14.1. The van der Waals surface area contributed by atoms with Crippen LogP contribution in [0.2, 0.25) is 0 Å². The lowest BCUT2D eigenvalue weighted by Gasteiger charge is -2.20. The Balaban J connectivity index is 2.57. The Labute approximate surface area is 77.7 Å².